The van der Waals surface area contributed by atoms with E-state index in [1.807, 2.05) is 20.8 Å². The molecular weight excluding hydrogens is 339 g/mol. The number of alkyl halides is 2. The van der Waals surface area contributed by atoms with Crippen molar-refractivity contribution in [3.05, 3.63) is 35.1 Å². The fraction of sp³-hybridized carbons (Fsp3) is 0.417. The van der Waals surface area contributed by atoms with Crippen LogP contribution in [0.5, 0.6) is 0 Å². The molecule has 0 fully saturated rings. The molecule has 0 aliphatic heterocycles. The number of hydrogen-bond donors (Lipinski definition) is 0. The highest BCUT2D eigenvalue weighted by atomic mass is 79.9. The summed E-state index contributed by atoms with van der Waals surface area (Å²) in [5, 5.41) is 0. The summed E-state index contributed by atoms with van der Waals surface area (Å²) < 4.78 is 13.4. The largest absolute Gasteiger partial charge is 0.294 e. The molecule has 88 valence electrons. The Kier molecular flexibility index (Phi) is 4.29. The molecular formula is C12H13Br2FO. The van der Waals surface area contributed by atoms with Crippen molar-refractivity contribution < 1.29 is 9.18 Å². The molecule has 0 aliphatic carbocycles. The lowest BCUT2D eigenvalue weighted by molar-refractivity contribution is 0.0858. The van der Waals surface area contributed by atoms with E-state index < -0.39 is 5.41 Å². The van der Waals surface area contributed by atoms with E-state index >= 15 is 0 Å². The quantitative estimate of drug-likeness (QED) is 0.550. The first-order chi connectivity index (χ1) is 7.23. The lowest BCUT2D eigenvalue weighted by Gasteiger charge is -2.17. The zero-order valence-electron chi connectivity index (χ0n) is 9.35. The van der Waals surface area contributed by atoms with Crippen molar-refractivity contribution >= 4 is 37.6 Å². The van der Waals surface area contributed by atoms with E-state index in [1.165, 1.54) is 6.07 Å². The number of carbonyl (C=O) groups is 1. The summed E-state index contributed by atoms with van der Waals surface area (Å²) in [6, 6.07) is 4.56. The minimum Gasteiger partial charge on any atom is -0.294 e. The molecule has 1 aromatic rings. The van der Waals surface area contributed by atoms with Crippen LogP contribution in [0.25, 0.3) is 0 Å². The van der Waals surface area contributed by atoms with Gasteiger partial charge in [-0.1, -0.05) is 64.8 Å². The van der Waals surface area contributed by atoms with E-state index in [2.05, 4.69) is 31.9 Å². The molecule has 0 aliphatic rings. The van der Waals surface area contributed by atoms with Gasteiger partial charge in [-0.15, -0.1) is 0 Å². The van der Waals surface area contributed by atoms with Crippen molar-refractivity contribution in [2.75, 3.05) is 0 Å². The van der Waals surface area contributed by atoms with Crippen molar-refractivity contribution in [1.29, 1.82) is 0 Å². The fourth-order valence-electron chi connectivity index (χ4n) is 1.28. The highest BCUT2D eigenvalue weighted by molar-refractivity contribution is 9.24. The van der Waals surface area contributed by atoms with E-state index in [1.54, 1.807) is 12.1 Å². The average Bonchev–Trinajstić information content (AvgIpc) is 2.14. The molecule has 16 heavy (non-hydrogen) atoms. The molecule has 4 heteroatoms. The van der Waals surface area contributed by atoms with Gasteiger partial charge < -0.3 is 0 Å². The Bertz CT molecular complexity index is 408. The Hall–Kier alpha value is -0.220. The summed E-state index contributed by atoms with van der Waals surface area (Å²) in [5.41, 5.74) is 0.413. The van der Waals surface area contributed by atoms with Crippen molar-refractivity contribution in [3.63, 3.8) is 0 Å². The van der Waals surface area contributed by atoms with Crippen LogP contribution < -0.4 is 0 Å². The van der Waals surface area contributed by atoms with Crippen molar-refractivity contribution in [2.24, 2.45) is 5.41 Å². The van der Waals surface area contributed by atoms with Gasteiger partial charge in [0.25, 0.3) is 0 Å². The smallest absolute Gasteiger partial charge is 0.168 e. The molecule has 0 heterocycles. The van der Waals surface area contributed by atoms with Crippen LogP contribution in [0.1, 0.15) is 40.4 Å². The van der Waals surface area contributed by atoms with E-state index in [0.29, 0.717) is 11.1 Å². The number of halogens is 3. The third kappa shape index (κ3) is 3.14. The Morgan fingerprint density at radius 2 is 1.88 bits per heavy atom. The van der Waals surface area contributed by atoms with Crippen molar-refractivity contribution in [3.8, 4) is 0 Å². The van der Waals surface area contributed by atoms with Gasteiger partial charge in [-0.2, -0.15) is 0 Å². The zero-order chi connectivity index (χ0) is 12.5. The number of rotatable bonds is 2. The molecule has 1 rings (SSSR count). The summed E-state index contributed by atoms with van der Waals surface area (Å²) in [5.74, 6) is -0.438. The summed E-state index contributed by atoms with van der Waals surface area (Å²) in [4.78, 5) is 11.9. The van der Waals surface area contributed by atoms with Gasteiger partial charge in [0.05, 0.1) is 3.74 Å². The number of ketones is 1. The topological polar surface area (TPSA) is 17.1 Å². The Morgan fingerprint density at radius 1 is 1.31 bits per heavy atom. The van der Waals surface area contributed by atoms with Crippen LogP contribution in [-0.2, 0) is 0 Å². The molecule has 0 radical (unpaired) electrons. The highest BCUT2D eigenvalue weighted by Crippen LogP contribution is 2.32. The minimum absolute atomic E-state index is 0.0568. The van der Waals surface area contributed by atoms with Gasteiger partial charge in [0, 0.05) is 16.5 Å². The van der Waals surface area contributed by atoms with Crippen LogP contribution >= 0.6 is 31.9 Å². The first kappa shape index (κ1) is 13.8. The SMILES string of the molecule is CC(C)(C)C(=O)c1ccc(C(Br)Br)c(F)c1. The lowest BCUT2D eigenvalue weighted by Crippen LogP contribution is -2.20. The molecule has 0 atom stereocenters. The standard InChI is InChI=1S/C12H13Br2FO/c1-12(2,3)10(16)7-4-5-8(11(13)14)9(15)6-7/h4-6,11H,1-3H3. The molecule has 0 amide bonds. The second kappa shape index (κ2) is 4.96. The maximum atomic E-state index is 13.6. The van der Waals surface area contributed by atoms with Gasteiger partial charge in [0.2, 0.25) is 0 Å². The average molecular weight is 352 g/mol. The molecule has 0 unspecified atom stereocenters. The fourth-order valence-corrected chi connectivity index (χ4v) is 2.02. The summed E-state index contributed by atoms with van der Waals surface area (Å²) >= 11 is 6.45. The van der Waals surface area contributed by atoms with Crippen LogP contribution in [0.3, 0.4) is 0 Å². The molecule has 0 N–H and O–H groups in total. The third-order valence-corrected chi connectivity index (χ3v) is 3.17. The van der Waals surface area contributed by atoms with Crippen LogP contribution in [0.15, 0.2) is 18.2 Å². The van der Waals surface area contributed by atoms with Gasteiger partial charge in [-0.3, -0.25) is 4.79 Å². The van der Waals surface area contributed by atoms with Gasteiger partial charge in [-0.05, 0) is 6.07 Å². The first-order valence-corrected chi connectivity index (χ1v) is 6.69. The molecule has 0 bridgehead atoms. The van der Waals surface area contributed by atoms with Crippen LogP contribution in [-0.4, -0.2) is 5.78 Å². The van der Waals surface area contributed by atoms with Gasteiger partial charge in [0.15, 0.2) is 5.78 Å². The number of benzene rings is 1. The molecule has 0 aromatic heterocycles. The second-order valence-electron chi connectivity index (χ2n) is 4.62. The Labute approximate surface area is 112 Å². The molecule has 1 nitrogen and oxygen atoms in total. The summed E-state index contributed by atoms with van der Waals surface area (Å²) in [7, 11) is 0. The van der Waals surface area contributed by atoms with E-state index in [0.717, 1.165) is 0 Å². The molecule has 0 saturated heterocycles. The summed E-state index contributed by atoms with van der Waals surface area (Å²) in [6.45, 7) is 5.46. The van der Waals surface area contributed by atoms with Crippen molar-refractivity contribution in [2.45, 2.75) is 24.5 Å². The van der Waals surface area contributed by atoms with Crippen molar-refractivity contribution in [1.82, 2.24) is 0 Å². The maximum absolute atomic E-state index is 13.6. The zero-order valence-corrected chi connectivity index (χ0v) is 12.5. The predicted octanol–water partition coefficient (Wildman–Crippen LogP) is 4.84. The third-order valence-electron chi connectivity index (χ3n) is 2.18. The lowest BCUT2D eigenvalue weighted by atomic mass is 9.86. The number of carbonyl (C=O) groups excluding carboxylic acids is 1. The minimum atomic E-state index is -0.490. The maximum Gasteiger partial charge on any atom is 0.168 e. The highest BCUT2D eigenvalue weighted by Gasteiger charge is 2.24. The van der Waals surface area contributed by atoms with Crippen LogP contribution in [0.2, 0.25) is 0 Å². The van der Waals surface area contributed by atoms with E-state index in [9.17, 15) is 9.18 Å². The normalized spacial score (nSPS) is 11.9. The van der Waals surface area contributed by atoms with Gasteiger partial charge in [-0.25, -0.2) is 4.39 Å². The monoisotopic (exact) mass is 350 g/mol. The van der Waals surface area contributed by atoms with Crippen LogP contribution in [0.4, 0.5) is 4.39 Å². The Balaban J connectivity index is 3.12. The summed E-state index contributed by atoms with van der Waals surface area (Å²) in [6.07, 6.45) is 0. The van der Waals surface area contributed by atoms with Gasteiger partial charge in [0.1, 0.15) is 5.82 Å². The first-order valence-electron chi connectivity index (χ1n) is 4.86. The molecule has 0 spiro atoms. The molecule has 1 aromatic carbocycles. The number of hydrogen-bond acceptors (Lipinski definition) is 1. The van der Waals surface area contributed by atoms with E-state index in [-0.39, 0.29) is 15.3 Å². The second-order valence-corrected chi connectivity index (χ2v) is 7.68. The Morgan fingerprint density at radius 3 is 2.25 bits per heavy atom. The van der Waals surface area contributed by atoms with E-state index in [4.69, 9.17) is 0 Å². The number of Topliss-reactive ketones (excluding diaryl/α,β-unsaturated/α-hetero) is 1. The molecule has 0 saturated carbocycles. The van der Waals surface area contributed by atoms with Gasteiger partial charge >= 0.3 is 0 Å². The van der Waals surface area contributed by atoms with Crippen LogP contribution in [0, 0.1) is 11.2 Å². The predicted molar refractivity (Wildman–Crippen MR) is 70.8 cm³/mol.